The minimum Gasteiger partial charge on any atom is -0.370 e. The van der Waals surface area contributed by atoms with E-state index in [4.69, 9.17) is 0 Å². The number of hydrogen-bond donors (Lipinski definition) is 1. The van der Waals surface area contributed by atoms with Gasteiger partial charge in [-0.1, -0.05) is 25.5 Å². The first-order chi connectivity index (χ1) is 9.69. The highest BCUT2D eigenvalue weighted by Crippen LogP contribution is 2.30. The van der Waals surface area contributed by atoms with Crippen LogP contribution in [0.5, 0.6) is 0 Å². The number of aryl methyl sites for hydroxylation is 2. The first kappa shape index (κ1) is 13.2. The molecule has 4 heteroatoms. The van der Waals surface area contributed by atoms with Crippen LogP contribution in [-0.4, -0.2) is 16.3 Å². The molecule has 1 N–H and O–H groups in total. The van der Waals surface area contributed by atoms with Crippen molar-refractivity contribution in [3.63, 3.8) is 0 Å². The minimum atomic E-state index is -0.136. The van der Waals surface area contributed by atoms with Gasteiger partial charge in [-0.3, -0.25) is 0 Å². The maximum atomic E-state index is 13.8. The Morgan fingerprint density at radius 3 is 3.00 bits per heavy atom. The van der Waals surface area contributed by atoms with Gasteiger partial charge in [-0.15, -0.1) is 0 Å². The molecular weight excluding hydrogens is 253 g/mol. The summed E-state index contributed by atoms with van der Waals surface area (Å²) in [5.74, 6) is 0.911. The van der Waals surface area contributed by atoms with Crippen molar-refractivity contribution in [3.8, 4) is 0 Å². The second-order valence-corrected chi connectivity index (χ2v) is 5.46. The van der Waals surface area contributed by atoms with E-state index in [2.05, 4.69) is 23.4 Å². The van der Waals surface area contributed by atoms with E-state index in [0.29, 0.717) is 5.56 Å². The first-order valence-electron chi connectivity index (χ1n) is 7.27. The SMILES string of the molecule is CCCc1cc2n(n1)C(c1ccc(C)c(F)c1)CCN2. The fourth-order valence-corrected chi connectivity index (χ4v) is 2.78. The highest BCUT2D eigenvalue weighted by Gasteiger charge is 2.23. The molecule has 0 saturated carbocycles. The van der Waals surface area contributed by atoms with Crippen LogP contribution in [0.1, 0.15) is 42.6 Å². The first-order valence-corrected chi connectivity index (χ1v) is 7.27. The molecule has 0 aliphatic carbocycles. The number of fused-ring (bicyclic) bond motifs is 1. The molecule has 0 amide bonds. The average molecular weight is 273 g/mol. The highest BCUT2D eigenvalue weighted by atomic mass is 19.1. The third-order valence-electron chi connectivity index (χ3n) is 3.89. The second kappa shape index (κ2) is 5.27. The van der Waals surface area contributed by atoms with Gasteiger partial charge in [0.05, 0.1) is 11.7 Å². The largest absolute Gasteiger partial charge is 0.370 e. The van der Waals surface area contributed by atoms with Crippen LogP contribution in [0.25, 0.3) is 0 Å². The van der Waals surface area contributed by atoms with Gasteiger partial charge in [0.1, 0.15) is 11.6 Å². The standard InChI is InChI=1S/C16H20FN3/c1-3-4-13-10-16-18-8-7-15(20(16)19-13)12-6-5-11(2)14(17)9-12/h5-6,9-10,15,18H,3-4,7-8H2,1-2H3. The molecule has 1 aliphatic rings. The molecule has 0 radical (unpaired) electrons. The van der Waals surface area contributed by atoms with Gasteiger partial charge < -0.3 is 5.32 Å². The molecular formula is C16H20FN3. The molecule has 0 bridgehead atoms. The van der Waals surface area contributed by atoms with Crippen LogP contribution in [0.2, 0.25) is 0 Å². The third kappa shape index (κ3) is 2.30. The van der Waals surface area contributed by atoms with Gasteiger partial charge in [0.2, 0.25) is 0 Å². The Kier molecular flexibility index (Phi) is 3.47. The lowest BCUT2D eigenvalue weighted by Gasteiger charge is -2.26. The summed E-state index contributed by atoms with van der Waals surface area (Å²) >= 11 is 0. The van der Waals surface area contributed by atoms with E-state index >= 15 is 0 Å². The number of rotatable bonds is 3. The normalized spacial score (nSPS) is 17.6. The quantitative estimate of drug-likeness (QED) is 0.924. The van der Waals surface area contributed by atoms with Crippen LogP contribution in [-0.2, 0) is 6.42 Å². The van der Waals surface area contributed by atoms with E-state index in [1.54, 1.807) is 13.0 Å². The molecule has 0 saturated heterocycles. The van der Waals surface area contributed by atoms with Gasteiger partial charge in [-0.05, 0) is 37.0 Å². The molecule has 106 valence electrons. The van der Waals surface area contributed by atoms with E-state index < -0.39 is 0 Å². The van der Waals surface area contributed by atoms with Crippen molar-refractivity contribution in [2.24, 2.45) is 0 Å². The number of benzene rings is 1. The van der Waals surface area contributed by atoms with Crippen molar-refractivity contribution in [3.05, 3.63) is 46.9 Å². The summed E-state index contributed by atoms with van der Waals surface area (Å²) in [5, 5.41) is 8.06. The Morgan fingerprint density at radius 1 is 1.40 bits per heavy atom. The van der Waals surface area contributed by atoms with Gasteiger partial charge >= 0.3 is 0 Å². The number of halogens is 1. The van der Waals surface area contributed by atoms with Gasteiger partial charge in [-0.2, -0.15) is 5.10 Å². The number of aromatic nitrogens is 2. The monoisotopic (exact) mass is 273 g/mol. The van der Waals surface area contributed by atoms with Crippen LogP contribution in [0.4, 0.5) is 10.2 Å². The summed E-state index contributed by atoms with van der Waals surface area (Å²) in [6, 6.07) is 7.76. The van der Waals surface area contributed by atoms with Crippen LogP contribution in [0.15, 0.2) is 24.3 Å². The molecule has 3 rings (SSSR count). The summed E-state index contributed by atoms with van der Waals surface area (Å²) in [5.41, 5.74) is 2.80. The molecule has 0 spiro atoms. The topological polar surface area (TPSA) is 29.9 Å². The summed E-state index contributed by atoms with van der Waals surface area (Å²) in [6.45, 7) is 4.84. The zero-order valence-corrected chi connectivity index (χ0v) is 12.0. The fourth-order valence-electron chi connectivity index (χ4n) is 2.78. The highest BCUT2D eigenvalue weighted by molar-refractivity contribution is 5.41. The van der Waals surface area contributed by atoms with Crippen LogP contribution >= 0.6 is 0 Å². The molecule has 3 nitrogen and oxygen atoms in total. The number of anilines is 1. The Hall–Kier alpha value is -1.84. The molecule has 1 unspecified atom stereocenters. The van der Waals surface area contributed by atoms with E-state index in [0.717, 1.165) is 42.9 Å². The predicted molar refractivity (Wildman–Crippen MR) is 78.6 cm³/mol. The molecule has 2 heterocycles. The molecule has 1 atom stereocenters. The van der Waals surface area contributed by atoms with Crippen molar-refractivity contribution in [1.82, 2.24) is 9.78 Å². The Balaban J connectivity index is 1.98. The maximum absolute atomic E-state index is 13.8. The Morgan fingerprint density at radius 2 is 2.25 bits per heavy atom. The van der Waals surface area contributed by atoms with Crippen molar-refractivity contribution >= 4 is 5.82 Å². The summed E-state index contributed by atoms with van der Waals surface area (Å²) in [6.07, 6.45) is 3.00. The van der Waals surface area contributed by atoms with Gasteiger partial charge in [0, 0.05) is 12.6 Å². The smallest absolute Gasteiger partial charge is 0.126 e. The minimum absolute atomic E-state index is 0.131. The van der Waals surface area contributed by atoms with E-state index in [9.17, 15) is 4.39 Å². The maximum Gasteiger partial charge on any atom is 0.126 e. The molecule has 1 aliphatic heterocycles. The molecule has 1 aromatic heterocycles. The Bertz CT molecular complexity index is 618. The van der Waals surface area contributed by atoms with E-state index in [1.165, 1.54) is 0 Å². The van der Waals surface area contributed by atoms with Crippen molar-refractivity contribution in [2.45, 2.75) is 39.2 Å². The summed E-state index contributed by atoms with van der Waals surface area (Å²) < 4.78 is 15.8. The molecule has 20 heavy (non-hydrogen) atoms. The van der Waals surface area contributed by atoms with Gasteiger partial charge in [0.15, 0.2) is 0 Å². The molecule has 2 aromatic rings. The zero-order valence-electron chi connectivity index (χ0n) is 12.0. The average Bonchev–Trinajstić information content (AvgIpc) is 2.84. The van der Waals surface area contributed by atoms with Crippen molar-refractivity contribution in [1.29, 1.82) is 0 Å². The lowest BCUT2D eigenvalue weighted by molar-refractivity contribution is 0.474. The summed E-state index contributed by atoms with van der Waals surface area (Å²) in [4.78, 5) is 0. The zero-order chi connectivity index (χ0) is 14.1. The number of hydrogen-bond acceptors (Lipinski definition) is 2. The second-order valence-electron chi connectivity index (χ2n) is 5.46. The number of nitrogens with one attached hydrogen (secondary N) is 1. The van der Waals surface area contributed by atoms with Crippen LogP contribution < -0.4 is 5.32 Å². The van der Waals surface area contributed by atoms with Crippen LogP contribution in [0.3, 0.4) is 0 Å². The van der Waals surface area contributed by atoms with Crippen molar-refractivity contribution in [2.75, 3.05) is 11.9 Å². The van der Waals surface area contributed by atoms with Crippen LogP contribution in [0, 0.1) is 12.7 Å². The molecule has 0 fully saturated rings. The lowest BCUT2D eigenvalue weighted by atomic mass is 10.0. The lowest BCUT2D eigenvalue weighted by Crippen LogP contribution is -2.24. The van der Waals surface area contributed by atoms with E-state index in [-0.39, 0.29) is 11.9 Å². The van der Waals surface area contributed by atoms with Gasteiger partial charge in [0.25, 0.3) is 0 Å². The third-order valence-corrected chi connectivity index (χ3v) is 3.89. The van der Waals surface area contributed by atoms with Gasteiger partial charge in [-0.25, -0.2) is 9.07 Å². The van der Waals surface area contributed by atoms with Crippen molar-refractivity contribution < 1.29 is 4.39 Å². The Labute approximate surface area is 118 Å². The molecule has 1 aromatic carbocycles. The fraction of sp³-hybridized carbons (Fsp3) is 0.438. The predicted octanol–water partition coefficient (Wildman–Crippen LogP) is 3.69. The number of nitrogens with zero attached hydrogens (tertiary/aromatic N) is 2. The summed E-state index contributed by atoms with van der Waals surface area (Å²) in [7, 11) is 0. The van der Waals surface area contributed by atoms with E-state index in [1.807, 2.05) is 16.8 Å².